The van der Waals surface area contributed by atoms with Gasteiger partial charge in [-0.1, -0.05) is 6.07 Å². The standard InChI is InChI=1S/C21H22N2O6S/c24-17(13-1-3-18-19(11-13)29-8-7-28-18)12-22-30(26,27)16-9-14-2-4-20(25)23-6-5-15(10-16)21(14)23/h1,3,9-11,17,22,24H,2,4-8,12H2/t17-/m0/s1. The average molecular weight is 430 g/mol. The molecule has 3 aliphatic heterocycles. The molecule has 8 nitrogen and oxygen atoms in total. The van der Waals surface area contributed by atoms with Crippen molar-refractivity contribution in [3.8, 4) is 11.5 Å². The lowest BCUT2D eigenvalue weighted by molar-refractivity contribution is -0.118. The highest BCUT2D eigenvalue weighted by Gasteiger charge is 2.33. The molecule has 1 atom stereocenters. The summed E-state index contributed by atoms with van der Waals surface area (Å²) in [6.07, 6.45) is 0.557. The van der Waals surface area contributed by atoms with Crippen molar-refractivity contribution in [3.05, 3.63) is 47.0 Å². The molecule has 5 rings (SSSR count). The molecular weight excluding hydrogens is 408 g/mol. The summed E-state index contributed by atoms with van der Waals surface area (Å²) in [7, 11) is -3.81. The van der Waals surface area contributed by atoms with Crippen LogP contribution in [0.2, 0.25) is 0 Å². The first-order chi connectivity index (χ1) is 14.4. The largest absolute Gasteiger partial charge is 0.486 e. The lowest BCUT2D eigenvalue weighted by atomic mass is 10.00. The van der Waals surface area contributed by atoms with E-state index < -0.39 is 16.1 Å². The van der Waals surface area contributed by atoms with Crippen LogP contribution < -0.4 is 19.1 Å². The lowest BCUT2D eigenvalue weighted by Crippen LogP contribution is -2.33. The van der Waals surface area contributed by atoms with Gasteiger partial charge in [0.05, 0.1) is 16.7 Å². The van der Waals surface area contributed by atoms with E-state index in [0.29, 0.717) is 56.1 Å². The molecule has 0 radical (unpaired) electrons. The van der Waals surface area contributed by atoms with Crippen LogP contribution in [0.1, 0.15) is 29.2 Å². The van der Waals surface area contributed by atoms with Crippen LogP contribution in [0.3, 0.4) is 0 Å². The second-order valence-corrected chi connectivity index (χ2v) is 9.42. The van der Waals surface area contributed by atoms with E-state index in [1.807, 2.05) is 0 Å². The molecule has 0 saturated heterocycles. The molecule has 0 aliphatic carbocycles. The second kappa shape index (κ2) is 7.26. The Balaban J connectivity index is 1.34. The molecule has 0 fully saturated rings. The molecule has 0 saturated carbocycles. The maximum atomic E-state index is 12.9. The highest BCUT2D eigenvalue weighted by Crippen LogP contribution is 2.38. The molecule has 30 heavy (non-hydrogen) atoms. The van der Waals surface area contributed by atoms with Crippen molar-refractivity contribution in [2.45, 2.75) is 30.3 Å². The molecule has 2 aromatic carbocycles. The topological polar surface area (TPSA) is 105 Å². The number of ether oxygens (including phenoxy) is 2. The SMILES string of the molecule is O=C1CCc2cc(S(=O)(=O)NC[C@H](O)c3ccc4c(c3)OCCO4)cc3c2N1CC3. The van der Waals surface area contributed by atoms with Crippen LogP contribution in [0.15, 0.2) is 35.2 Å². The zero-order valence-corrected chi connectivity index (χ0v) is 17.1. The third kappa shape index (κ3) is 3.32. The molecule has 3 aliphatic rings. The highest BCUT2D eigenvalue weighted by atomic mass is 32.2. The molecule has 158 valence electrons. The van der Waals surface area contributed by atoms with Crippen molar-refractivity contribution < 1.29 is 27.8 Å². The molecule has 0 bridgehead atoms. The molecule has 2 aromatic rings. The number of hydrogen-bond acceptors (Lipinski definition) is 6. The minimum atomic E-state index is -3.81. The number of nitrogens with zero attached hydrogens (tertiary/aromatic N) is 1. The molecular formula is C21H22N2O6S. The maximum Gasteiger partial charge on any atom is 0.240 e. The lowest BCUT2D eigenvalue weighted by Gasteiger charge is -2.25. The number of carbonyl (C=O) groups excluding carboxylic acids is 1. The molecule has 0 spiro atoms. The summed E-state index contributed by atoms with van der Waals surface area (Å²) in [4.78, 5) is 14.0. The summed E-state index contributed by atoms with van der Waals surface area (Å²) in [5.74, 6) is 1.24. The highest BCUT2D eigenvalue weighted by molar-refractivity contribution is 7.89. The second-order valence-electron chi connectivity index (χ2n) is 7.66. The van der Waals surface area contributed by atoms with Gasteiger partial charge in [-0.05, 0) is 53.8 Å². The Hall–Kier alpha value is -2.62. The van der Waals surface area contributed by atoms with Gasteiger partial charge in [-0.25, -0.2) is 13.1 Å². The Labute approximate surface area is 174 Å². The van der Waals surface area contributed by atoms with Crippen LogP contribution in [-0.2, 0) is 27.7 Å². The van der Waals surface area contributed by atoms with Crippen molar-refractivity contribution in [3.63, 3.8) is 0 Å². The predicted molar refractivity (Wildman–Crippen MR) is 108 cm³/mol. The van der Waals surface area contributed by atoms with E-state index in [0.717, 1.165) is 16.8 Å². The molecule has 0 aromatic heterocycles. The predicted octanol–water partition coefficient (Wildman–Crippen LogP) is 1.30. The number of hydrogen-bond donors (Lipinski definition) is 2. The fourth-order valence-electron chi connectivity index (χ4n) is 4.24. The number of amides is 1. The number of aryl methyl sites for hydroxylation is 1. The first kappa shape index (κ1) is 19.3. The summed E-state index contributed by atoms with van der Waals surface area (Å²) in [5.41, 5.74) is 3.19. The van der Waals surface area contributed by atoms with E-state index in [9.17, 15) is 18.3 Å². The van der Waals surface area contributed by atoms with E-state index in [-0.39, 0.29) is 17.3 Å². The van der Waals surface area contributed by atoms with Gasteiger partial charge >= 0.3 is 0 Å². The number of nitrogens with one attached hydrogen (secondary N) is 1. The van der Waals surface area contributed by atoms with Crippen LogP contribution in [0.25, 0.3) is 0 Å². The number of aliphatic hydroxyl groups is 1. The van der Waals surface area contributed by atoms with Gasteiger partial charge < -0.3 is 19.5 Å². The van der Waals surface area contributed by atoms with Crippen molar-refractivity contribution in [1.29, 1.82) is 0 Å². The van der Waals surface area contributed by atoms with Crippen molar-refractivity contribution in [1.82, 2.24) is 4.72 Å². The molecule has 0 unspecified atom stereocenters. The van der Waals surface area contributed by atoms with Gasteiger partial charge in [0.25, 0.3) is 0 Å². The van der Waals surface area contributed by atoms with Gasteiger partial charge in [-0.3, -0.25) is 4.79 Å². The van der Waals surface area contributed by atoms with Crippen LogP contribution in [-0.4, -0.2) is 45.7 Å². The van der Waals surface area contributed by atoms with Gasteiger partial charge in [-0.15, -0.1) is 0 Å². The molecule has 3 heterocycles. The van der Waals surface area contributed by atoms with E-state index in [4.69, 9.17) is 9.47 Å². The van der Waals surface area contributed by atoms with Crippen LogP contribution >= 0.6 is 0 Å². The Kier molecular flexibility index (Phi) is 4.68. The first-order valence-electron chi connectivity index (χ1n) is 9.96. The van der Waals surface area contributed by atoms with Crippen molar-refractivity contribution >= 4 is 21.6 Å². The fourth-order valence-corrected chi connectivity index (χ4v) is 5.38. The third-order valence-corrected chi connectivity index (χ3v) is 7.16. The van der Waals surface area contributed by atoms with E-state index >= 15 is 0 Å². The number of rotatable bonds is 5. The minimum absolute atomic E-state index is 0.0949. The Morgan fingerprint density at radius 1 is 1.03 bits per heavy atom. The summed E-state index contributed by atoms with van der Waals surface area (Å²) in [6, 6.07) is 8.34. The molecule has 9 heteroatoms. The number of sulfonamides is 1. The maximum absolute atomic E-state index is 12.9. The van der Waals surface area contributed by atoms with Gasteiger partial charge in [-0.2, -0.15) is 0 Å². The Bertz CT molecular complexity index is 1130. The van der Waals surface area contributed by atoms with Crippen LogP contribution in [0, 0.1) is 0 Å². The van der Waals surface area contributed by atoms with E-state index in [1.54, 1.807) is 35.2 Å². The molecule has 1 amide bonds. The summed E-state index contributed by atoms with van der Waals surface area (Å²) in [5, 5.41) is 10.5. The fraction of sp³-hybridized carbons (Fsp3) is 0.381. The van der Waals surface area contributed by atoms with E-state index in [2.05, 4.69) is 4.72 Å². The first-order valence-corrected chi connectivity index (χ1v) is 11.4. The number of carbonyl (C=O) groups is 1. The summed E-state index contributed by atoms with van der Waals surface area (Å²) < 4.78 is 39.3. The average Bonchev–Trinajstić information content (AvgIpc) is 3.20. The van der Waals surface area contributed by atoms with Gasteiger partial charge in [0, 0.05) is 19.5 Å². The Morgan fingerprint density at radius 2 is 1.77 bits per heavy atom. The normalized spacial score (nSPS) is 18.3. The van der Waals surface area contributed by atoms with E-state index in [1.165, 1.54) is 0 Å². The summed E-state index contributed by atoms with van der Waals surface area (Å²) in [6.45, 7) is 1.34. The van der Waals surface area contributed by atoms with Gasteiger partial charge in [0.15, 0.2) is 11.5 Å². The van der Waals surface area contributed by atoms with Gasteiger partial charge in [0.1, 0.15) is 13.2 Å². The number of benzene rings is 2. The van der Waals surface area contributed by atoms with Crippen LogP contribution in [0.4, 0.5) is 5.69 Å². The number of aliphatic hydroxyl groups excluding tert-OH is 1. The van der Waals surface area contributed by atoms with Crippen molar-refractivity contribution in [2.24, 2.45) is 0 Å². The summed E-state index contributed by atoms with van der Waals surface area (Å²) >= 11 is 0. The number of anilines is 1. The minimum Gasteiger partial charge on any atom is -0.486 e. The molecule has 2 N–H and O–H groups in total. The Morgan fingerprint density at radius 3 is 2.57 bits per heavy atom. The van der Waals surface area contributed by atoms with Gasteiger partial charge in [0.2, 0.25) is 15.9 Å². The third-order valence-electron chi connectivity index (χ3n) is 5.75. The zero-order chi connectivity index (χ0) is 20.9. The monoisotopic (exact) mass is 430 g/mol. The zero-order valence-electron chi connectivity index (χ0n) is 16.3. The van der Waals surface area contributed by atoms with Crippen LogP contribution in [0.5, 0.6) is 11.5 Å². The number of fused-ring (bicyclic) bond motifs is 1. The van der Waals surface area contributed by atoms with Crippen molar-refractivity contribution in [2.75, 3.05) is 31.2 Å². The smallest absolute Gasteiger partial charge is 0.240 e. The quantitative estimate of drug-likeness (QED) is 0.741.